The average molecular weight is 407 g/mol. The van der Waals surface area contributed by atoms with Crippen molar-refractivity contribution in [2.75, 3.05) is 26.3 Å². The van der Waals surface area contributed by atoms with E-state index < -0.39 is 10.0 Å². The number of rotatable bonds is 4. The first-order valence-electron chi connectivity index (χ1n) is 9.03. The lowest BCUT2D eigenvalue weighted by atomic mass is 10.1. The lowest BCUT2D eigenvalue weighted by molar-refractivity contribution is 0.0731. The molecule has 27 heavy (non-hydrogen) atoms. The van der Waals surface area contributed by atoms with Crippen LogP contribution in [0.15, 0.2) is 34.5 Å². The fourth-order valence-electron chi connectivity index (χ4n) is 3.62. The summed E-state index contributed by atoms with van der Waals surface area (Å²) in [5, 5.41) is 3.06. The number of nitrogens with one attached hydrogen (secondary N) is 1. The molecule has 0 bridgehead atoms. The molecule has 1 fully saturated rings. The molecule has 0 saturated carbocycles. The summed E-state index contributed by atoms with van der Waals surface area (Å²) in [4.78, 5) is 13.1. The highest BCUT2D eigenvalue weighted by Crippen LogP contribution is 2.32. The van der Waals surface area contributed by atoms with Gasteiger partial charge in [-0.1, -0.05) is 23.8 Å². The Balaban J connectivity index is 1.48. The van der Waals surface area contributed by atoms with E-state index in [-0.39, 0.29) is 16.2 Å². The topological polar surface area (TPSA) is 75.7 Å². The lowest BCUT2D eigenvalue weighted by Crippen LogP contribution is -2.40. The highest BCUT2D eigenvalue weighted by molar-refractivity contribution is 7.91. The van der Waals surface area contributed by atoms with Crippen LogP contribution >= 0.6 is 11.3 Å². The van der Waals surface area contributed by atoms with Crippen LogP contribution in [-0.4, -0.2) is 44.9 Å². The Morgan fingerprint density at radius 2 is 2.00 bits per heavy atom. The quantitative estimate of drug-likeness (QED) is 0.847. The van der Waals surface area contributed by atoms with Gasteiger partial charge in [-0.05, 0) is 43.0 Å². The summed E-state index contributed by atoms with van der Waals surface area (Å²) >= 11 is 1.03. The Bertz CT molecular complexity index is 962. The minimum atomic E-state index is -3.56. The molecule has 0 unspecified atom stereocenters. The summed E-state index contributed by atoms with van der Waals surface area (Å²) in [7, 11) is -3.56. The molecular formula is C19H22N2O4S2. The highest BCUT2D eigenvalue weighted by atomic mass is 32.2. The molecule has 2 aromatic rings. The number of ether oxygens (including phenoxy) is 1. The van der Waals surface area contributed by atoms with Gasteiger partial charge in [0.25, 0.3) is 15.9 Å². The summed E-state index contributed by atoms with van der Waals surface area (Å²) in [6, 6.07) is 9.40. The zero-order valence-corrected chi connectivity index (χ0v) is 16.7. The number of morpholine rings is 1. The Morgan fingerprint density at radius 3 is 2.78 bits per heavy atom. The van der Waals surface area contributed by atoms with Crippen LogP contribution in [0.1, 0.15) is 38.8 Å². The monoisotopic (exact) mass is 406 g/mol. The summed E-state index contributed by atoms with van der Waals surface area (Å²) in [5.74, 6) is -0.221. The smallest absolute Gasteiger partial charge is 0.261 e. The van der Waals surface area contributed by atoms with Gasteiger partial charge in [-0.15, -0.1) is 11.3 Å². The van der Waals surface area contributed by atoms with Crippen molar-refractivity contribution in [3.63, 3.8) is 0 Å². The van der Waals surface area contributed by atoms with Crippen molar-refractivity contribution in [1.29, 1.82) is 0 Å². The average Bonchev–Trinajstić information content (AvgIpc) is 3.30. The summed E-state index contributed by atoms with van der Waals surface area (Å²) in [6.45, 7) is 3.56. The predicted octanol–water partition coefficient (Wildman–Crippen LogP) is 2.49. The molecule has 1 saturated heterocycles. The number of hydrogen-bond acceptors (Lipinski definition) is 5. The van der Waals surface area contributed by atoms with E-state index in [1.54, 1.807) is 6.07 Å². The highest BCUT2D eigenvalue weighted by Gasteiger charge is 2.29. The van der Waals surface area contributed by atoms with Crippen LogP contribution in [-0.2, 0) is 21.2 Å². The van der Waals surface area contributed by atoms with Crippen LogP contribution in [0.4, 0.5) is 0 Å². The molecule has 1 amide bonds. The second-order valence-corrected chi connectivity index (χ2v) is 10.2. The SMILES string of the molecule is Cc1ccc2c(c1)CC[C@H]2NC(=O)c1ccc(S(=O)(=O)N2CCOCC2)s1. The molecule has 1 aromatic carbocycles. The van der Waals surface area contributed by atoms with Gasteiger partial charge in [0.15, 0.2) is 0 Å². The van der Waals surface area contributed by atoms with Crippen LogP contribution in [0.3, 0.4) is 0 Å². The van der Waals surface area contributed by atoms with Gasteiger partial charge >= 0.3 is 0 Å². The van der Waals surface area contributed by atoms with E-state index in [2.05, 4.69) is 30.4 Å². The largest absolute Gasteiger partial charge is 0.379 e. The molecule has 1 aliphatic heterocycles. The molecule has 2 heterocycles. The molecule has 1 aliphatic carbocycles. The first-order chi connectivity index (χ1) is 12.9. The number of carbonyl (C=O) groups excluding carboxylic acids is 1. The fraction of sp³-hybridized carbons (Fsp3) is 0.421. The number of fused-ring (bicyclic) bond motifs is 1. The van der Waals surface area contributed by atoms with Gasteiger partial charge in [-0.3, -0.25) is 4.79 Å². The van der Waals surface area contributed by atoms with Crippen LogP contribution in [0, 0.1) is 6.92 Å². The van der Waals surface area contributed by atoms with Gasteiger partial charge in [-0.2, -0.15) is 4.31 Å². The second kappa shape index (κ2) is 7.35. The first-order valence-corrected chi connectivity index (χ1v) is 11.3. The predicted molar refractivity (Wildman–Crippen MR) is 104 cm³/mol. The van der Waals surface area contributed by atoms with Crippen molar-refractivity contribution in [3.05, 3.63) is 51.9 Å². The number of nitrogens with zero attached hydrogens (tertiary/aromatic N) is 1. The number of sulfonamides is 1. The number of aryl methyl sites for hydroxylation is 2. The number of carbonyl (C=O) groups is 1. The van der Waals surface area contributed by atoms with E-state index in [9.17, 15) is 13.2 Å². The maximum Gasteiger partial charge on any atom is 0.261 e. The molecule has 6 nitrogen and oxygen atoms in total. The van der Waals surface area contributed by atoms with Crippen molar-refractivity contribution in [2.45, 2.75) is 30.0 Å². The van der Waals surface area contributed by atoms with Gasteiger partial charge < -0.3 is 10.1 Å². The van der Waals surface area contributed by atoms with Crippen molar-refractivity contribution in [2.24, 2.45) is 0 Å². The van der Waals surface area contributed by atoms with Crippen LogP contribution in [0.25, 0.3) is 0 Å². The van der Waals surface area contributed by atoms with Gasteiger partial charge in [-0.25, -0.2) is 8.42 Å². The van der Waals surface area contributed by atoms with Crippen LogP contribution in [0.5, 0.6) is 0 Å². The number of amides is 1. The van der Waals surface area contributed by atoms with E-state index in [1.807, 2.05) is 0 Å². The van der Waals surface area contributed by atoms with E-state index >= 15 is 0 Å². The number of thiophene rings is 1. The molecule has 4 rings (SSSR count). The molecule has 0 radical (unpaired) electrons. The van der Waals surface area contributed by atoms with Crippen molar-refractivity contribution in [3.8, 4) is 0 Å². The van der Waals surface area contributed by atoms with Crippen molar-refractivity contribution >= 4 is 27.3 Å². The lowest BCUT2D eigenvalue weighted by Gasteiger charge is -2.25. The Labute approximate surface area is 163 Å². The molecular weight excluding hydrogens is 384 g/mol. The third-order valence-corrected chi connectivity index (χ3v) is 8.50. The maximum atomic E-state index is 12.7. The molecule has 2 aliphatic rings. The Morgan fingerprint density at radius 1 is 1.22 bits per heavy atom. The Kier molecular flexibility index (Phi) is 5.07. The fourth-order valence-corrected chi connectivity index (χ4v) is 6.39. The molecule has 1 atom stereocenters. The number of hydrogen-bond donors (Lipinski definition) is 1. The summed E-state index contributed by atoms with van der Waals surface area (Å²) < 4.78 is 32.3. The minimum Gasteiger partial charge on any atom is -0.379 e. The second-order valence-electron chi connectivity index (χ2n) is 6.90. The molecule has 8 heteroatoms. The first kappa shape index (κ1) is 18.6. The van der Waals surface area contributed by atoms with Gasteiger partial charge in [0, 0.05) is 13.1 Å². The third kappa shape index (κ3) is 3.67. The minimum absolute atomic E-state index is 0.0190. The zero-order chi connectivity index (χ0) is 19.0. The molecule has 1 N–H and O–H groups in total. The third-order valence-electron chi connectivity index (χ3n) is 5.05. The summed E-state index contributed by atoms with van der Waals surface area (Å²) in [5.41, 5.74) is 3.66. The van der Waals surface area contributed by atoms with Gasteiger partial charge in [0.1, 0.15) is 4.21 Å². The van der Waals surface area contributed by atoms with Crippen LogP contribution in [0.2, 0.25) is 0 Å². The normalized spacial score (nSPS) is 20.4. The van der Waals surface area contributed by atoms with Gasteiger partial charge in [0.05, 0.1) is 24.1 Å². The van der Waals surface area contributed by atoms with E-state index in [0.29, 0.717) is 31.2 Å². The Hall–Kier alpha value is -1.74. The van der Waals surface area contributed by atoms with Crippen LogP contribution < -0.4 is 5.32 Å². The van der Waals surface area contributed by atoms with E-state index in [1.165, 1.54) is 21.5 Å². The summed E-state index contributed by atoms with van der Waals surface area (Å²) in [6.07, 6.45) is 1.82. The molecule has 144 valence electrons. The standard InChI is InChI=1S/C19H22N2O4S2/c1-13-2-4-15-14(12-13)3-5-16(15)20-19(22)17-6-7-18(26-17)27(23,24)21-8-10-25-11-9-21/h2,4,6-7,12,16H,3,5,8-11H2,1H3,(H,20,22)/t16-/m1/s1. The molecule has 0 spiro atoms. The van der Waals surface area contributed by atoms with Crippen molar-refractivity contribution < 1.29 is 17.9 Å². The zero-order valence-electron chi connectivity index (χ0n) is 15.1. The van der Waals surface area contributed by atoms with Crippen molar-refractivity contribution in [1.82, 2.24) is 9.62 Å². The molecule has 1 aromatic heterocycles. The number of benzene rings is 1. The van der Waals surface area contributed by atoms with E-state index in [4.69, 9.17) is 4.74 Å². The maximum absolute atomic E-state index is 12.7. The van der Waals surface area contributed by atoms with Gasteiger partial charge in [0.2, 0.25) is 0 Å². The van der Waals surface area contributed by atoms with E-state index in [0.717, 1.165) is 29.7 Å².